The van der Waals surface area contributed by atoms with Gasteiger partial charge in [0, 0.05) is 23.2 Å². The first-order valence-corrected chi connectivity index (χ1v) is 11.9. The number of nitrogens with zero attached hydrogens (tertiary/aromatic N) is 2. The van der Waals surface area contributed by atoms with E-state index in [9.17, 15) is 39.6 Å². The average Bonchev–Trinajstić information content (AvgIpc) is 3.57. The number of carbonyl (C=O) groups excluding carboxylic acids is 3. The number of benzene rings is 3. The number of rotatable bonds is 6. The van der Waals surface area contributed by atoms with E-state index in [1.54, 1.807) is 24.4 Å². The van der Waals surface area contributed by atoms with E-state index in [0.29, 0.717) is 18.5 Å². The number of H-pyrrole nitrogens is 1. The van der Waals surface area contributed by atoms with Gasteiger partial charge >= 0.3 is 5.97 Å². The number of hydrogen-bond acceptors (Lipinski definition) is 8. The van der Waals surface area contributed by atoms with Gasteiger partial charge in [-0.15, -0.1) is 0 Å². The minimum Gasteiger partial charge on any atom is -0.507 e. The molecule has 1 aromatic heterocycles. The van der Waals surface area contributed by atoms with Gasteiger partial charge < -0.3 is 30.6 Å². The molecular formula is C27H22N4O8. The summed E-state index contributed by atoms with van der Waals surface area (Å²) in [4.78, 5) is 52.3. The van der Waals surface area contributed by atoms with E-state index >= 15 is 0 Å². The zero-order chi connectivity index (χ0) is 27.8. The maximum Gasteiger partial charge on any atom is 0.336 e. The van der Waals surface area contributed by atoms with E-state index in [4.69, 9.17) is 0 Å². The van der Waals surface area contributed by atoms with Gasteiger partial charge in [0.15, 0.2) is 0 Å². The lowest BCUT2D eigenvalue weighted by Crippen LogP contribution is -2.43. The lowest BCUT2D eigenvalue weighted by atomic mass is 9.95. The van der Waals surface area contributed by atoms with E-state index < -0.39 is 63.5 Å². The first kappa shape index (κ1) is 25.3. The molecule has 2 amide bonds. The zero-order valence-corrected chi connectivity index (χ0v) is 20.2. The van der Waals surface area contributed by atoms with E-state index in [1.165, 1.54) is 11.0 Å². The van der Waals surface area contributed by atoms with Crippen molar-refractivity contribution < 1.29 is 39.6 Å². The van der Waals surface area contributed by atoms with Crippen LogP contribution in [0.25, 0.3) is 10.9 Å². The molecule has 1 aliphatic rings. The molecule has 0 radical (unpaired) electrons. The molecule has 4 aromatic rings. The predicted octanol–water partition coefficient (Wildman–Crippen LogP) is 2.85. The highest BCUT2D eigenvalue weighted by molar-refractivity contribution is 6.18. The van der Waals surface area contributed by atoms with Crippen molar-refractivity contribution in [2.24, 2.45) is 0 Å². The Morgan fingerprint density at radius 1 is 0.949 bits per heavy atom. The first-order chi connectivity index (χ1) is 18.7. The number of carboxylic acids is 1. The fraction of sp³-hybridized carbons (Fsp3) is 0.148. The Kier molecular flexibility index (Phi) is 6.36. The minimum absolute atomic E-state index is 0.184. The Morgan fingerprint density at radius 3 is 2.41 bits per heavy atom. The number of ketones is 1. The van der Waals surface area contributed by atoms with Crippen LogP contribution in [-0.4, -0.2) is 71.7 Å². The molecule has 39 heavy (non-hydrogen) atoms. The highest BCUT2D eigenvalue weighted by Gasteiger charge is 2.36. The summed E-state index contributed by atoms with van der Waals surface area (Å²) in [6, 6.07) is 9.71. The van der Waals surface area contributed by atoms with Gasteiger partial charge in [-0.05, 0) is 55.3 Å². The summed E-state index contributed by atoms with van der Waals surface area (Å²) in [6.45, 7) is 0.250. The van der Waals surface area contributed by atoms with Gasteiger partial charge in [0.2, 0.25) is 11.7 Å². The standard InChI is InChI=1S/C27H22N4O8/c32-19-5-1-3-16(27(38)39)22(19)24(35)23-20(33)10-13(11-21(23)34)26(37)31-8-2-4-18(31)25(36)29-15-6-7-17-14(9-15)12-28-30-17/h1,3,5-7,9-12,18,32-34H,2,4,8H2,(H,28,30)(H,29,36)(H,38,39)/t18-/m0/s1. The molecule has 6 N–H and O–H groups in total. The number of aromatic carboxylic acids is 1. The quantitative estimate of drug-likeness (QED) is 0.203. The molecule has 12 heteroatoms. The molecule has 1 saturated heterocycles. The van der Waals surface area contributed by atoms with Crippen LogP contribution in [0.1, 0.15) is 49.5 Å². The number of carboxylic acid groups (broad SMARTS) is 1. The number of aromatic nitrogens is 2. The third-order valence-electron chi connectivity index (χ3n) is 6.59. The Labute approximate surface area is 220 Å². The van der Waals surface area contributed by atoms with E-state index in [1.807, 2.05) is 0 Å². The van der Waals surface area contributed by atoms with Crippen molar-refractivity contribution >= 4 is 40.2 Å². The van der Waals surface area contributed by atoms with Gasteiger partial charge in [0.05, 0.1) is 22.8 Å². The number of amides is 2. The number of aromatic amines is 1. The summed E-state index contributed by atoms with van der Waals surface area (Å²) in [7, 11) is 0. The fourth-order valence-corrected chi connectivity index (χ4v) is 4.74. The van der Waals surface area contributed by atoms with Crippen LogP contribution in [0.4, 0.5) is 5.69 Å². The van der Waals surface area contributed by atoms with Crippen LogP contribution in [0, 0.1) is 0 Å². The highest BCUT2D eigenvalue weighted by atomic mass is 16.4. The molecule has 0 bridgehead atoms. The molecule has 0 aliphatic carbocycles. The number of aromatic hydroxyl groups is 3. The molecule has 5 rings (SSSR count). The number of fused-ring (bicyclic) bond motifs is 1. The van der Waals surface area contributed by atoms with Gasteiger partial charge in [-0.2, -0.15) is 5.10 Å². The van der Waals surface area contributed by atoms with E-state index in [2.05, 4.69) is 15.5 Å². The summed E-state index contributed by atoms with van der Waals surface area (Å²) in [6.07, 6.45) is 2.56. The van der Waals surface area contributed by atoms with Crippen molar-refractivity contribution in [3.63, 3.8) is 0 Å². The monoisotopic (exact) mass is 530 g/mol. The van der Waals surface area contributed by atoms with Crippen molar-refractivity contribution in [3.05, 3.63) is 77.0 Å². The van der Waals surface area contributed by atoms with Gasteiger partial charge in [-0.1, -0.05) is 6.07 Å². The fourth-order valence-electron chi connectivity index (χ4n) is 4.74. The second-order valence-electron chi connectivity index (χ2n) is 9.04. The molecule has 0 spiro atoms. The molecule has 1 atom stereocenters. The lowest BCUT2D eigenvalue weighted by Gasteiger charge is -2.24. The SMILES string of the molecule is O=C(O)c1cccc(O)c1C(=O)c1c(O)cc(C(=O)N2CCC[C@H]2C(=O)Nc2ccc3[nH]ncc3c2)cc1O. The Balaban J connectivity index is 1.39. The van der Waals surface area contributed by atoms with Crippen molar-refractivity contribution in [1.82, 2.24) is 15.1 Å². The average molecular weight is 530 g/mol. The number of likely N-dealkylation sites (tertiary alicyclic amines) is 1. The Hall–Kier alpha value is -5.39. The highest BCUT2D eigenvalue weighted by Crippen LogP contribution is 2.35. The van der Waals surface area contributed by atoms with Gasteiger partial charge in [0.25, 0.3) is 5.91 Å². The number of hydrogen-bond donors (Lipinski definition) is 6. The summed E-state index contributed by atoms with van der Waals surface area (Å²) in [5.41, 5.74) is -0.695. The van der Waals surface area contributed by atoms with Crippen LogP contribution in [-0.2, 0) is 4.79 Å². The Morgan fingerprint density at radius 2 is 1.69 bits per heavy atom. The van der Waals surface area contributed by atoms with Crippen LogP contribution >= 0.6 is 0 Å². The number of carbonyl (C=O) groups is 4. The van der Waals surface area contributed by atoms with Gasteiger partial charge in [-0.3, -0.25) is 19.5 Å². The van der Waals surface area contributed by atoms with Gasteiger partial charge in [-0.25, -0.2) is 4.79 Å². The molecule has 198 valence electrons. The van der Waals surface area contributed by atoms with E-state index in [0.717, 1.165) is 35.2 Å². The molecule has 1 aliphatic heterocycles. The number of anilines is 1. The second kappa shape index (κ2) is 9.82. The van der Waals surface area contributed by atoms with Crippen LogP contribution in [0.5, 0.6) is 17.2 Å². The number of phenolic OH excluding ortho intramolecular Hbond substituents is 3. The van der Waals surface area contributed by atoms with E-state index in [-0.39, 0.29) is 12.1 Å². The molecule has 12 nitrogen and oxygen atoms in total. The molecular weight excluding hydrogens is 508 g/mol. The second-order valence-corrected chi connectivity index (χ2v) is 9.04. The molecule has 0 unspecified atom stereocenters. The maximum atomic E-state index is 13.3. The maximum absolute atomic E-state index is 13.3. The topological polar surface area (TPSA) is 193 Å². The van der Waals surface area contributed by atoms with Crippen LogP contribution < -0.4 is 5.32 Å². The van der Waals surface area contributed by atoms with Gasteiger partial charge in [0.1, 0.15) is 28.9 Å². The third kappa shape index (κ3) is 4.59. The van der Waals surface area contributed by atoms with Crippen LogP contribution in [0.3, 0.4) is 0 Å². The van der Waals surface area contributed by atoms with Crippen molar-refractivity contribution in [1.29, 1.82) is 0 Å². The third-order valence-corrected chi connectivity index (χ3v) is 6.59. The number of phenols is 3. The lowest BCUT2D eigenvalue weighted by molar-refractivity contribution is -0.119. The first-order valence-electron chi connectivity index (χ1n) is 11.9. The molecule has 0 saturated carbocycles. The largest absolute Gasteiger partial charge is 0.507 e. The van der Waals surface area contributed by atoms with Crippen molar-refractivity contribution in [2.75, 3.05) is 11.9 Å². The molecule has 1 fully saturated rings. The minimum atomic E-state index is -1.50. The molecule has 2 heterocycles. The van der Waals surface area contributed by atoms with Crippen molar-refractivity contribution in [2.45, 2.75) is 18.9 Å². The summed E-state index contributed by atoms with van der Waals surface area (Å²) >= 11 is 0. The smallest absolute Gasteiger partial charge is 0.336 e. The summed E-state index contributed by atoms with van der Waals surface area (Å²) in [5, 5.41) is 51.0. The summed E-state index contributed by atoms with van der Waals surface area (Å²) in [5.74, 6) is -5.96. The molecule has 3 aromatic carbocycles. The van der Waals surface area contributed by atoms with Crippen LogP contribution in [0.2, 0.25) is 0 Å². The predicted molar refractivity (Wildman–Crippen MR) is 137 cm³/mol. The normalized spacial score (nSPS) is 14.9. The number of nitrogens with one attached hydrogen (secondary N) is 2. The van der Waals surface area contributed by atoms with Crippen molar-refractivity contribution in [3.8, 4) is 17.2 Å². The zero-order valence-electron chi connectivity index (χ0n) is 20.2. The summed E-state index contributed by atoms with van der Waals surface area (Å²) < 4.78 is 0. The Bertz CT molecular complexity index is 1640. The van der Waals surface area contributed by atoms with Crippen LogP contribution in [0.15, 0.2) is 54.7 Å².